The second kappa shape index (κ2) is 6.44. The largest absolute Gasteiger partial charge is 0.442 e. The Labute approximate surface area is 152 Å². The van der Waals surface area contributed by atoms with Gasteiger partial charge in [-0.15, -0.1) is 0 Å². The number of rotatable bonds is 6. The molecule has 2 bridgehead atoms. The van der Waals surface area contributed by atoms with Crippen LogP contribution in [0, 0.1) is 17.3 Å². The predicted octanol–water partition coefficient (Wildman–Crippen LogP) is 5.53. The van der Waals surface area contributed by atoms with Gasteiger partial charge in [0.2, 0.25) is 0 Å². The molecule has 25 heavy (non-hydrogen) atoms. The number of hydrogen-bond donors (Lipinski definition) is 0. The lowest BCUT2D eigenvalue weighted by Gasteiger charge is -2.40. The van der Waals surface area contributed by atoms with Crippen molar-refractivity contribution in [3.8, 4) is 0 Å². The van der Waals surface area contributed by atoms with Crippen LogP contribution in [0.15, 0.2) is 16.8 Å². The van der Waals surface area contributed by atoms with Crippen LogP contribution in [-0.2, 0) is 4.74 Å². The Morgan fingerprint density at radius 1 is 1.40 bits per heavy atom. The highest BCUT2D eigenvalue weighted by Crippen LogP contribution is 2.65. The average molecular weight is 347 g/mol. The topological polar surface area (TPSA) is 41.9 Å². The number of ether oxygens (including phenoxy) is 1. The van der Waals surface area contributed by atoms with Crippen LogP contribution in [0.5, 0.6) is 0 Å². The van der Waals surface area contributed by atoms with Crippen molar-refractivity contribution < 1.29 is 9.53 Å². The first-order valence-electron chi connectivity index (χ1n) is 9.89. The third-order valence-electron chi connectivity index (χ3n) is 6.71. The number of fused-ring (bicyclic) bond motifs is 1. The summed E-state index contributed by atoms with van der Waals surface area (Å²) in [6, 6.07) is 0. The summed E-state index contributed by atoms with van der Waals surface area (Å²) < 4.78 is 5.77. The standard InChI is InChI=1S/C21H34N2O2/c1-14(2)8-7-9-17(12-15(3)4)22-23-19(24)25-18-13-16-10-11-21(18,23)20(16,5)6/h8,15-16,18H,7,9-13H2,1-6H3/b22-17-/t16-,18-,21+/m1/s1. The quantitative estimate of drug-likeness (QED) is 0.468. The molecule has 2 saturated carbocycles. The molecule has 1 spiro atoms. The fourth-order valence-electron chi connectivity index (χ4n) is 5.33. The minimum atomic E-state index is -0.234. The van der Waals surface area contributed by atoms with Gasteiger partial charge in [0.25, 0.3) is 0 Å². The second-order valence-electron chi connectivity index (χ2n) is 9.39. The Hall–Kier alpha value is -1.32. The van der Waals surface area contributed by atoms with Gasteiger partial charge in [0.15, 0.2) is 0 Å². The van der Waals surface area contributed by atoms with Crippen LogP contribution in [0.3, 0.4) is 0 Å². The summed E-state index contributed by atoms with van der Waals surface area (Å²) in [6.07, 6.45) is 8.09. The lowest BCUT2D eigenvalue weighted by atomic mass is 9.75. The maximum atomic E-state index is 12.6. The van der Waals surface area contributed by atoms with E-state index in [1.54, 1.807) is 5.01 Å². The van der Waals surface area contributed by atoms with E-state index in [1.165, 1.54) is 12.0 Å². The molecule has 2 aliphatic carbocycles. The van der Waals surface area contributed by atoms with Crippen molar-refractivity contribution in [2.24, 2.45) is 22.4 Å². The Morgan fingerprint density at radius 2 is 2.12 bits per heavy atom. The molecule has 1 amide bonds. The van der Waals surface area contributed by atoms with E-state index in [9.17, 15) is 4.79 Å². The van der Waals surface area contributed by atoms with Gasteiger partial charge < -0.3 is 4.74 Å². The number of allylic oxidation sites excluding steroid dienone is 2. The van der Waals surface area contributed by atoms with Gasteiger partial charge in [0.05, 0.1) is 0 Å². The van der Waals surface area contributed by atoms with Gasteiger partial charge in [-0.3, -0.25) is 0 Å². The van der Waals surface area contributed by atoms with E-state index in [0.29, 0.717) is 11.8 Å². The second-order valence-corrected chi connectivity index (χ2v) is 9.39. The number of carbonyl (C=O) groups is 1. The molecule has 0 aromatic carbocycles. The van der Waals surface area contributed by atoms with Crippen LogP contribution in [-0.4, -0.2) is 28.5 Å². The molecule has 1 aliphatic heterocycles. The van der Waals surface area contributed by atoms with E-state index in [2.05, 4.69) is 47.6 Å². The maximum Gasteiger partial charge on any atom is 0.431 e. The van der Waals surface area contributed by atoms with Gasteiger partial charge in [-0.2, -0.15) is 10.1 Å². The first kappa shape index (κ1) is 18.5. The summed E-state index contributed by atoms with van der Waals surface area (Å²) in [7, 11) is 0. The van der Waals surface area contributed by atoms with E-state index in [0.717, 1.165) is 37.8 Å². The lowest BCUT2D eigenvalue weighted by Crippen LogP contribution is -2.53. The first-order valence-corrected chi connectivity index (χ1v) is 9.89. The molecule has 4 heteroatoms. The molecule has 0 N–H and O–H groups in total. The molecular weight excluding hydrogens is 312 g/mol. The third kappa shape index (κ3) is 2.92. The Bertz CT molecular complexity index is 601. The minimum absolute atomic E-state index is 0.0237. The summed E-state index contributed by atoms with van der Waals surface area (Å²) >= 11 is 0. The van der Waals surface area contributed by atoms with Crippen molar-refractivity contribution in [1.82, 2.24) is 5.01 Å². The predicted molar refractivity (Wildman–Crippen MR) is 102 cm³/mol. The van der Waals surface area contributed by atoms with Crippen molar-refractivity contribution >= 4 is 11.8 Å². The van der Waals surface area contributed by atoms with E-state index >= 15 is 0 Å². The fourth-order valence-corrected chi connectivity index (χ4v) is 5.33. The number of nitrogens with zero attached hydrogens (tertiary/aromatic N) is 2. The summed E-state index contributed by atoms with van der Waals surface area (Å²) in [4.78, 5) is 12.6. The Kier molecular flexibility index (Phi) is 4.76. The monoisotopic (exact) mass is 346 g/mol. The van der Waals surface area contributed by atoms with Crippen molar-refractivity contribution in [3.63, 3.8) is 0 Å². The number of hydrogen-bond acceptors (Lipinski definition) is 3. The lowest BCUT2D eigenvalue weighted by molar-refractivity contribution is 0.0567. The summed E-state index contributed by atoms with van der Waals surface area (Å²) in [5.41, 5.74) is 2.31. The zero-order valence-electron chi connectivity index (χ0n) is 16.8. The van der Waals surface area contributed by atoms with E-state index in [-0.39, 0.29) is 23.2 Å². The van der Waals surface area contributed by atoms with Gasteiger partial charge >= 0.3 is 6.09 Å². The molecule has 3 aliphatic rings. The Morgan fingerprint density at radius 3 is 2.72 bits per heavy atom. The normalized spacial score (nSPS) is 33.0. The van der Waals surface area contributed by atoms with Crippen LogP contribution in [0.1, 0.15) is 80.1 Å². The summed E-state index contributed by atoms with van der Waals surface area (Å²) in [5.74, 6) is 1.17. The van der Waals surface area contributed by atoms with Gasteiger partial charge in [-0.05, 0) is 69.6 Å². The van der Waals surface area contributed by atoms with Gasteiger partial charge in [-0.25, -0.2) is 4.79 Å². The molecule has 1 saturated heterocycles. The van der Waals surface area contributed by atoms with Crippen LogP contribution in [0.4, 0.5) is 4.79 Å². The highest BCUT2D eigenvalue weighted by Gasteiger charge is 2.73. The van der Waals surface area contributed by atoms with Crippen LogP contribution in [0.2, 0.25) is 0 Å². The highest BCUT2D eigenvalue weighted by atomic mass is 16.6. The van der Waals surface area contributed by atoms with Crippen LogP contribution >= 0.6 is 0 Å². The number of amides is 1. The fraction of sp³-hybridized carbons (Fsp3) is 0.810. The molecule has 0 radical (unpaired) electrons. The van der Waals surface area contributed by atoms with Crippen LogP contribution in [0.25, 0.3) is 0 Å². The van der Waals surface area contributed by atoms with Crippen molar-refractivity contribution in [3.05, 3.63) is 11.6 Å². The third-order valence-corrected chi connectivity index (χ3v) is 6.71. The van der Waals surface area contributed by atoms with E-state index in [4.69, 9.17) is 9.84 Å². The van der Waals surface area contributed by atoms with Gasteiger partial charge in [0, 0.05) is 5.71 Å². The molecule has 4 nitrogen and oxygen atoms in total. The molecule has 1 heterocycles. The SMILES string of the molecule is CC(C)=CCC/C(CC(C)C)=N/N1C(=O)O[C@@H]2C[C@H]3CC[C@@]21C3(C)C. The molecule has 3 fully saturated rings. The van der Waals surface area contributed by atoms with Crippen molar-refractivity contribution in [2.75, 3.05) is 0 Å². The van der Waals surface area contributed by atoms with Gasteiger partial charge in [-0.1, -0.05) is 39.3 Å². The molecule has 3 rings (SSSR count). The van der Waals surface area contributed by atoms with Crippen molar-refractivity contribution in [2.45, 2.75) is 91.7 Å². The minimum Gasteiger partial charge on any atom is -0.442 e. The number of hydrazone groups is 1. The van der Waals surface area contributed by atoms with Gasteiger partial charge in [0.1, 0.15) is 11.6 Å². The molecule has 0 unspecified atom stereocenters. The maximum absolute atomic E-state index is 12.6. The summed E-state index contributed by atoms with van der Waals surface area (Å²) in [5, 5.41) is 6.72. The first-order chi connectivity index (χ1) is 11.7. The molecule has 140 valence electrons. The average Bonchev–Trinajstić information content (AvgIpc) is 3.00. The van der Waals surface area contributed by atoms with E-state index < -0.39 is 0 Å². The highest BCUT2D eigenvalue weighted by molar-refractivity contribution is 5.86. The molecule has 0 aromatic heterocycles. The molecule has 3 atom stereocenters. The zero-order valence-corrected chi connectivity index (χ0v) is 16.8. The summed E-state index contributed by atoms with van der Waals surface area (Å²) in [6.45, 7) is 13.3. The molecular formula is C21H34N2O2. The van der Waals surface area contributed by atoms with Crippen molar-refractivity contribution in [1.29, 1.82) is 0 Å². The smallest absolute Gasteiger partial charge is 0.431 e. The van der Waals surface area contributed by atoms with E-state index in [1.807, 2.05) is 0 Å². The molecule has 0 aromatic rings. The van der Waals surface area contributed by atoms with Crippen LogP contribution < -0.4 is 0 Å². The number of carbonyl (C=O) groups excluding carboxylic acids is 1. The Balaban J connectivity index is 1.89. The zero-order chi connectivity index (χ0) is 18.4.